The summed E-state index contributed by atoms with van der Waals surface area (Å²) < 4.78 is 0. The maximum atomic E-state index is 11.3. The van der Waals surface area contributed by atoms with Gasteiger partial charge in [-0.3, -0.25) is 0 Å². The van der Waals surface area contributed by atoms with Gasteiger partial charge in [-0.15, -0.1) is 0 Å². The third-order valence-electron chi connectivity index (χ3n) is 11.8. The molecule has 5 rings (SSSR count). The fraction of sp³-hybridized carbons (Fsp3) is 1.00. The van der Waals surface area contributed by atoms with Gasteiger partial charge in [-0.25, -0.2) is 0 Å². The standard InChI is InChI=1S/C27H46O/c1-17(2)7-6-8-18(3)21-9-10-22-20-15-24(28)27-16-19(27)11-14-26(27,5)23(20)12-13-25(21,22)4/h17-24,28H,6-16H2,1-5H3/t18-,19-,20+,21-,22+,23+,24-,25-,26-,27+/m1/s1. The van der Waals surface area contributed by atoms with Gasteiger partial charge in [-0.05, 0) is 104 Å². The molecular formula is C27H46O. The Balaban J connectivity index is 1.34. The number of hydrogen-bond donors (Lipinski definition) is 1. The lowest BCUT2D eigenvalue weighted by Crippen LogP contribution is -2.56. The van der Waals surface area contributed by atoms with Crippen molar-refractivity contribution in [2.75, 3.05) is 0 Å². The highest BCUT2D eigenvalue weighted by Crippen LogP contribution is 2.81. The van der Waals surface area contributed by atoms with E-state index in [1.807, 2.05) is 0 Å². The second kappa shape index (κ2) is 6.48. The van der Waals surface area contributed by atoms with E-state index >= 15 is 0 Å². The molecule has 5 aliphatic rings. The van der Waals surface area contributed by atoms with Crippen LogP contribution in [0.15, 0.2) is 0 Å². The molecule has 1 N–H and O–H groups in total. The van der Waals surface area contributed by atoms with E-state index < -0.39 is 0 Å². The van der Waals surface area contributed by atoms with E-state index in [1.165, 1.54) is 64.2 Å². The van der Waals surface area contributed by atoms with E-state index in [0.717, 1.165) is 47.8 Å². The van der Waals surface area contributed by atoms with Crippen LogP contribution in [0.2, 0.25) is 0 Å². The zero-order valence-corrected chi connectivity index (χ0v) is 19.3. The summed E-state index contributed by atoms with van der Waals surface area (Å²) in [7, 11) is 0. The van der Waals surface area contributed by atoms with Crippen LogP contribution >= 0.6 is 0 Å². The highest BCUT2D eigenvalue weighted by atomic mass is 16.3. The fourth-order valence-corrected chi connectivity index (χ4v) is 10.3. The number of hydrogen-bond acceptors (Lipinski definition) is 1. The summed E-state index contributed by atoms with van der Waals surface area (Å²) in [5.41, 5.74) is 1.37. The van der Waals surface area contributed by atoms with Gasteiger partial charge in [0.1, 0.15) is 0 Å². The van der Waals surface area contributed by atoms with Crippen LogP contribution < -0.4 is 0 Å². The molecule has 160 valence electrons. The van der Waals surface area contributed by atoms with Crippen molar-refractivity contribution >= 4 is 0 Å². The van der Waals surface area contributed by atoms with E-state index in [-0.39, 0.29) is 6.10 Å². The van der Waals surface area contributed by atoms with E-state index in [1.54, 1.807) is 0 Å². The Bertz CT molecular complexity index is 611. The first-order chi connectivity index (χ1) is 13.2. The molecule has 0 amide bonds. The van der Waals surface area contributed by atoms with Crippen molar-refractivity contribution in [3.63, 3.8) is 0 Å². The van der Waals surface area contributed by atoms with E-state index in [4.69, 9.17) is 0 Å². The van der Waals surface area contributed by atoms with Crippen LogP contribution in [0.1, 0.15) is 105 Å². The molecule has 0 bridgehead atoms. The minimum atomic E-state index is 0.0103. The largest absolute Gasteiger partial charge is 0.393 e. The lowest BCUT2D eigenvalue weighted by molar-refractivity contribution is -0.152. The molecule has 1 nitrogen and oxygen atoms in total. The molecule has 5 aliphatic carbocycles. The smallest absolute Gasteiger partial charge is 0.0607 e. The summed E-state index contributed by atoms with van der Waals surface area (Å²) >= 11 is 0. The SMILES string of the molecule is CC(C)CCC[C@@H](C)[C@H]1CC[C@H]2[C@@H]3C[C@@H](O)[C@]45C[C@H]4CC[C@]5(C)[C@H]3CC[C@]12C. The van der Waals surface area contributed by atoms with Crippen molar-refractivity contribution in [3.05, 3.63) is 0 Å². The first kappa shape index (κ1) is 19.9. The van der Waals surface area contributed by atoms with Gasteiger partial charge in [0.15, 0.2) is 0 Å². The topological polar surface area (TPSA) is 20.2 Å². The van der Waals surface area contributed by atoms with E-state index in [0.29, 0.717) is 16.2 Å². The highest BCUT2D eigenvalue weighted by Gasteiger charge is 2.77. The Hall–Kier alpha value is -0.0400. The third-order valence-corrected chi connectivity index (χ3v) is 11.8. The molecule has 10 atom stereocenters. The first-order valence-electron chi connectivity index (χ1n) is 12.9. The molecule has 0 radical (unpaired) electrons. The Labute approximate surface area is 174 Å². The lowest BCUT2D eigenvalue weighted by Gasteiger charge is -2.60. The Morgan fingerprint density at radius 2 is 1.71 bits per heavy atom. The van der Waals surface area contributed by atoms with Crippen molar-refractivity contribution in [1.29, 1.82) is 0 Å². The van der Waals surface area contributed by atoms with Crippen molar-refractivity contribution in [3.8, 4) is 0 Å². The minimum absolute atomic E-state index is 0.0103. The van der Waals surface area contributed by atoms with Crippen LogP contribution in [0.5, 0.6) is 0 Å². The molecule has 0 saturated heterocycles. The monoisotopic (exact) mass is 386 g/mol. The maximum absolute atomic E-state index is 11.3. The van der Waals surface area contributed by atoms with Crippen molar-refractivity contribution in [2.45, 2.75) is 111 Å². The van der Waals surface area contributed by atoms with Crippen molar-refractivity contribution in [2.24, 2.45) is 57.7 Å². The minimum Gasteiger partial charge on any atom is -0.393 e. The summed E-state index contributed by atoms with van der Waals surface area (Å²) in [6.07, 6.45) is 15.4. The van der Waals surface area contributed by atoms with Crippen molar-refractivity contribution < 1.29 is 5.11 Å². The molecular weight excluding hydrogens is 340 g/mol. The molecule has 0 unspecified atom stereocenters. The lowest BCUT2D eigenvalue weighted by atomic mass is 9.45. The summed E-state index contributed by atoms with van der Waals surface area (Å²) in [4.78, 5) is 0. The zero-order valence-electron chi connectivity index (χ0n) is 19.3. The summed E-state index contributed by atoms with van der Waals surface area (Å²) in [5, 5.41) is 11.3. The third kappa shape index (κ3) is 2.47. The Morgan fingerprint density at radius 3 is 2.43 bits per heavy atom. The molecule has 28 heavy (non-hydrogen) atoms. The highest BCUT2D eigenvalue weighted by molar-refractivity contribution is 5.25. The fourth-order valence-electron chi connectivity index (χ4n) is 10.3. The molecule has 5 fully saturated rings. The second-order valence-electron chi connectivity index (χ2n) is 13.1. The summed E-state index contributed by atoms with van der Waals surface area (Å²) in [5.74, 6) is 6.17. The average molecular weight is 387 g/mol. The van der Waals surface area contributed by atoms with E-state index in [2.05, 4.69) is 34.6 Å². The molecule has 0 aromatic rings. The van der Waals surface area contributed by atoms with Gasteiger partial charge >= 0.3 is 0 Å². The zero-order chi connectivity index (χ0) is 19.9. The molecule has 0 aliphatic heterocycles. The van der Waals surface area contributed by atoms with Gasteiger partial charge in [0, 0.05) is 5.41 Å². The van der Waals surface area contributed by atoms with Crippen LogP contribution in [0.4, 0.5) is 0 Å². The normalized spacial score (nSPS) is 55.4. The molecule has 1 heteroatoms. The number of aliphatic hydroxyl groups is 1. The average Bonchev–Trinajstić information content (AvgIpc) is 3.15. The quantitative estimate of drug-likeness (QED) is 0.535. The maximum Gasteiger partial charge on any atom is 0.0607 e. The molecule has 5 saturated carbocycles. The van der Waals surface area contributed by atoms with E-state index in [9.17, 15) is 5.11 Å². The Kier molecular flexibility index (Phi) is 4.60. The molecule has 0 aromatic heterocycles. The molecule has 0 aromatic carbocycles. The van der Waals surface area contributed by atoms with Crippen LogP contribution in [0.25, 0.3) is 0 Å². The predicted molar refractivity (Wildman–Crippen MR) is 117 cm³/mol. The summed E-state index contributed by atoms with van der Waals surface area (Å²) in [6.45, 7) is 12.6. The van der Waals surface area contributed by atoms with Crippen molar-refractivity contribution in [1.82, 2.24) is 0 Å². The van der Waals surface area contributed by atoms with Crippen LogP contribution in [0, 0.1) is 57.7 Å². The van der Waals surface area contributed by atoms with Gasteiger partial charge in [0.2, 0.25) is 0 Å². The van der Waals surface area contributed by atoms with Crippen LogP contribution in [-0.2, 0) is 0 Å². The van der Waals surface area contributed by atoms with Gasteiger partial charge in [-0.2, -0.15) is 0 Å². The van der Waals surface area contributed by atoms with Gasteiger partial charge in [0.25, 0.3) is 0 Å². The molecule has 0 heterocycles. The Morgan fingerprint density at radius 1 is 0.929 bits per heavy atom. The predicted octanol–water partition coefficient (Wildman–Crippen LogP) is 7.08. The first-order valence-corrected chi connectivity index (χ1v) is 12.9. The van der Waals surface area contributed by atoms with Crippen LogP contribution in [-0.4, -0.2) is 11.2 Å². The second-order valence-corrected chi connectivity index (χ2v) is 13.1. The number of rotatable bonds is 5. The number of fused-ring (bicyclic) bond motifs is 4. The molecule has 1 spiro atoms. The van der Waals surface area contributed by atoms with Gasteiger partial charge in [-0.1, -0.05) is 53.9 Å². The van der Waals surface area contributed by atoms with Crippen LogP contribution in [0.3, 0.4) is 0 Å². The summed E-state index contributed by atoms with van der Waals surface area (Å²) in [6, 6.07) is 0. The van der Waals surface area contributed by atoms with Gasteiger partial charge in [0.05, 0.1) is 6.10 Å². The van der Waals surface area contributed by atoms with Gasteiger partial charge < -0.3 is 5.11 Å². The number of aliphatic hydroxyl groups excluding tert-OH is 1.